The normalized spacial score (nSPS) is 10.2. The van der Waals surface area contributed by atoms with Crippen LogP contribution in [0, 0.1) is 0 Å². The topological polar surface area (TPSA) is 75.7 Å². The van der Waals surface area contributed by atoms with E-state index in [1.807, 2.05) is 36.4 Å². The maximum Gasteiger partial charge on any atom is 0.340 e. The molecule has 0 atom stereocenters. The summed E-state index contributed by atoms with van der Waals surface area (Å²) in [6, 6.07) is 24.8. The molecular weight excluding hydrogens is 380 g/mol. The molecule has 3 aromatic rings. The van der Waals surface area contributed by atoms with E-state index in [2.05, 4.69) is 5.32 Å². The van der Waals surface area contributed by atoms with Gasteiger partial charge in [-0.05, 0) is 36.8 Å². The van der Waals surface area contributed by atoms with Crippen molar-refractivity contribution in [3.8, 4) is 0 Å². The van der Waals surface area contributed by atoms with Gasteiger partial charge in [0, 0.05) is 5.69 Å². The number of esters is 1. The summed E-state index contributed by atoms with van der Waals surface area (Å²) in [5.41, 5.74) is 1.89. The molecule has 0 radical (unpaired) electrons. The molecule has 0 aromatic heterocycles. The van der Waals surface area contributed by atoms with Crippen LogP contribution in [0.1, 0.15) is 22.8 Å². The number of ether oxygens (including phenoxy) is 1. The largest absolute Gasteiger partial charge is 0.462 e. The van der Waals surface area contributed by atoms with Crippen molar-refractivity contribution in [1.82, 2.24) is 0 Å². The molecule has 0 saturated carbocycles. The number of benzene rings is 3. The van der Waals surface area contributed by atoms with E-state index in [0.29, 0.717) is 5.69 Å². The molecule has 3 aromatic carbocycles. The fraction of sp³-hybridized carbons (Fsp3) is 0.125. The number of nitrogens with one attached hydrogen (secondary N) is 1. The Balaban J connectivity index is 1.85. The third kappa shape index (κ3) is 5.11. The van der Waals surface area contributed by atoms with E-state index in [9.17, 15) is 14.4 Å². The zero-order valence-corrected chi connectivity index (χ0v) is 16.6. The molecule has 0 unspecified atom stereocenters. The van der Waals surface area contributed by atoms with Crippen LogP contribution >= 0.6 is 0 Å². The number of amides is 2. The zero-order valence-electron chi connectivity index (χ0n) is 16.6. The monoisotopic (exact) mass is 402 g/mol. The molecule has 0 heterocycles. The van der Waals surface area contributed by atoms with Crippen LogP contribution in [0.5, 0.6) is 0 Å². The van der Waals surface area contributed by atoms with Crippen LogP contribution in [-0.4, -0.2) is 24.4 Å². The lowest BCUT2D eigenvalue weighted by atomic mass is 10.1. The molecule has 0 spiro atoms. The number of hydrogen-bond acceptors (Lipinski definition) is 4. The van der Waals surface area contributed by atoms with E-state index in [0.717, 1.165) is 5.56 Å². The molecule has 0 fully saturated rings. The second kappa shape index (κ2) is 10.0. The molecule has 30 heavy (non-hydrogen) atoms. The van der Waals surface area contributed by atoms with Crippen molar-refractivity contribution in [3.63, 3.8) is 0 Å². The first kappa shape index (κ1) is 20.8. The zero-order chi connectivity index (χ0) is 21.3. The Morgan fingerprint density at radius 1 is 0.833 bits per heavy atom. The Morgan fingerprint density at radius 2 is 1.43 bits per heavy atom. The fourth-order valence-corrected chi connectivity index (χ4v) is 2.93. The maximum absolute atomic E-state index is 13.1. The number of carbonyl (C=O) groups is 3. The molecule has 3 rings (SSSR count). The van der Waals surface area contributed by atoms with Crippen LogP contribution < -0.4 is 10.2 Å². The highest BCUT2D eigenvalue weighted by Gasteiger charge is 2.25. The standard InChI is InChI=1S/C24H22N2O4/c1-2-30-24(29)20-15-9-10-16-21(20)25-22(27)23(28)26(19-13-7-4-8-14-19)17-18-11-5-3-6-12-18/h3-16H,2,17H2,1H3,(H,25,27). The summed E-state index contributed by atoms with van der Waals surface area (Å²) in [4.78, 5) is 39.4. The van der Waals surface area contributed by atoms with Gasteiger partial charge in [-0.25, -0.2) is 4.79 Å². The van der Waals surface area contributed by atoms with E-state index >= 15 is 0 Å². The lowest BCUT2D eigenvalue weighted by Gasteiger charge is -2.22. The van der Waals surface area contributed by atoms with Crippen molar-refractivity contribution in [2.24, 2.45) is 0 Å². The SMILES string of the molecule is CCOC(=O)c1ccccc1NC(=O)C(=O)N(Cc1ccccc1)c1ccccc1. The highest BCUT2D eigenvalue weighted by atomic mass is 16.5. The maximum atomic E-state index is 13.1. The van der Waals surface area contributed by atoms with Crippen LogP contribution in [0.2, 0.25) is 0 Å². The second-order valence-corrected chi connectivity index (χ2v) is 6.43. The summed E-state index contributed by atoms with van der Waals surface area (Å²) in [6.07, 6.45) is 0. The number of carbonyl (C=O) groups excluding carboxylic acids is 3. The average Bonchev–Trinajstić information content (AvgIpc) is 2.79. The predicted octanol–water partition coefficient (Wildman–Crippen LogP) is 4.04. The highest BCUT2D eigenvalue weighted by Crippen LogP contribution is 2.20. The first-order valence-corrected chi connectivity index (χ1v) is 9.58. The van der Waals surface area contributed by atoms with E-state index < -0.39 is 17.8 Å². The van der Waals surface area contributed by atoms with Crippen LogP contribution in [-0.2, 0) is 20.9 Å². The van der Waals surface area contributed by atoms with E-state index in [4.69, 9.17) is 4.74 Å². The number of para-hydroxylation sites is 2. The van der Waals surface area contributed by atoms with Gasteiger partial charge in [0.1, 0.15) is 0 Å². The molecule has 152 valence electrons. The van der Waals surface area contributed by atoms with Crippen molar-refractivity contribution in [1.29, 1.82) is 0 Å². The summed E-state index contributed by atoms with van der Waals surface area (Å²) < 4.78 is 5.02. The Labute approximate surface area is 175 Å². The minimum atomic E-state index is -0.841. The van der Waals surface area contributed by atoms with Gasteiger partial charge in [0.2, 0.25) is 0 Å². The first-order chi connectivity index (χ1) is 14.6. The van der Waals surface area contributed by atoms with Gasteiger partial charge in [-0.2, -0.15) is 0 Å². The minimum Gasteiger partial charge on any atom is -0.462 e. The number of hydrogen-bond donors (Lipinski definition) is 1. The van der Waals surface area contributed by atoms with Crippen LogP contribution in [0.3, 0.4) is 0 Å². The van der Waals surface area contributed by atoms with Crippen LogP contribution in [0.4, 0.5) is 11.4 Å². The molecule has 0 bridgehead atoms. The predicted molar refractivity (Wildman–Crippen MR) is 115 cm³/mol. The van der Waals surface area contributed by atoms with Crippen molar-refractivity contribution in [2.75, 3.05) is 16.8 Å². The molecule has 6 nitrogen and oxygen atoms in total. The minimum absolute atomic E-state index is 0.190. The Kier molecular flexibility index (Phi) is 6.95. The molecule has 6 heteroatoms. The molecule has 0 aliphatic heterocycles. The number of anilines is 2. The second-order valence-electron chi connectivity index (χ2n) is 6.43. The summed E-state index contributed by atoms with van der Waals surface area (Å²) >= 11 is 0. The van der Waals surface area contributed by atoms with E-state index in [1.165, 1.54) is 11.0 Å². The van der Waals surface area contributed by atoms with Crippen molar-refractivity contribution in [3.05, 3.63) is 96.1 Å². The summed E-state index contributed by atoms with van der Waals surface area (Å²) in [7, 11) is 0. The molecule has 1 N–H and O–H groups in total. The van der Waals surface area contributed by atoms with Gasteiger partial charge in [-0.1, -0.05) is 60.7 Å². The van der Waals surface area contributed by atoms with E-state index in [-0.39, 0.29) is 24.4 Å². The van der Waals surface area contributed by atoms with Crippen molar-refractivity contribution >= 4 is 29.2 Å². The van der Waals surface area contributed by atoms with Gasteiger partial charge < -0.3 is 10.1 Å². The third-order valence-corrected chi connectivity index (χ3v) is 4.36. The van der Waals surface area contributed by atoms with Crippen molar-refractivity contribution < 1.29 is 19.1 Å². The van der Waals surface area contributed by atoms with Crippen molar-refractivity contribution in [2.45, 2.75) is 13.5 Å². The number of nitrogens with zero attached hydrogens (tertiary/aromatic N) is 1. The Morgan fingerprint density at radius 3 is 2.10 bits per heavy atom. The Hall–Kier alpha value is -3.93. The lowest BCUT2D eigenvalue weighted by molar-refractivity contribution is -0.134. The highest BCUT2D eigenvalue weighted by molar-refractivity contribution is 6.44. The molecule has 0 saturated heterocycles. The van der Waals surface area contributed by atoms with Gasteiger partial charge in [0.05, 0.1) is 24.4 Å². The van der Waals surface area contributed by atoms with Crippen LogP contribution in [0.15, 0.2) is 84.9 Å². The summed E-state index contributed by atoms with van der Waals surface area (Å²) in [5.74, 6) is -2.14. The van der Waals surface area contributed by atoms with Gasteiger partial charge in [-0.3, -0.25) is 14.5 Å². The Bertz CT molecular complexity index is 1020. The van der Waals surface area contributed by atoms with Gasteiger partial charge in [0.15, 0.2) is 0 Å². The van der Waals surface area contributed by atoms with E-state index in [1.54, 1.807) is 49.4 Å². The lowest BCUT2D eigenvalue weighted by Crippen LogP contribution is -2.39. The average molecular weight is 402 g/mol. The fourth-order valence-electron chi connectivity index (χ4n) is 2.93. The molecular formula is C24H22N2O4. The third-order valence-electron chi connectivity index (χ3n) is 4.36. The van der Waals surface area contributed by atoms with Gasteiger partial charge in [0.25, 0.3) is 0 Å². The summed E-state index contributed by atoms with van der Waals surface area (Å²) in [6.45, 7) is 2.14. The first-order valence-electron chi connectivity index (χ1n) is 9.58. The number of rotatable bonds is 6. The smallest absolute Gasteiger partial charge is 0.340 e. The van der Waals surface area contributed by atoms with Crippen LogP contribution in [0.25, 0.3) is 0 Å². The molecule has 0 aliphatic rings. The quantitative estimate of drug-likeness (QED) is 0.499. The molecule has 2 amide bonds. The van der Waals surface area contributed by atoms with Gasteiger partial charge in [-0.15, -0.1) is 0 Å². The summed E-state index contributed by atoms with van der Waals surface area (Å²) in [5, 5.41) is 2.55. The van der Waals surface area contributed by atoms with Gasteiger partial charge >= 0.3 is 17.8 Å². The molecule has 0 aliphatic carbocycles.